The van der Waals surface area contributed by atoms with E-state index in [-0.39, 0.29) is 0 Å². The van der Waals surface area contributed by atoms with Gasteiger partial charge in [-0.25, -0.2) is 0 Å². The van der Waals surface area contributed by atoms with Gasteiger partial charge in [-0.1, -0.05) is 0 Å². The summed E-state index contributed by atoms with van der Waals surface area (Å²) in [4.78, 5) is 4.83. The molecule has 0 bridgehead atoms. The third-order valence-corrected chi connectivity index (χ3v) is 4.49. The van der Waals surface area contributed by atoms with Crippen molar-refractivity contribution in [3.05, 3.63) is 23.3 Å². The first-order valence-electron chi connectivity index (χ1n) is 7.64. The van der Waals surface area contributed by atoms with Crippen LogP contribution in [0.5, 0.6) is 5.75 Å². The molecule has 0 amide bonds. The highest BCUT2D eigenvalue weighted by atomic mass is 16.7. The first-order valence-corrected chi connectivity index (χ1v) is 7.64. The van der Waals surface area contributed by atoms with Gasteiger partial charge in [0.1, 0.15) is 5.75 Å². The molecule has 3 rings (SSSR count). The van der Waals surface area contributed by atoms with Crippen molar-refractivity contribution in [3.8, 4) is 5.75 Å². The summed E-state index contributed by atoms with van der Waals surface area (Å²) in [6.07, 6.45) is 2.45. The monoisotopic (exact) mass is 291 g/mol. The average Bonchev–Trinajstić information content (AvgIpc) is 2.47. The molecule has 1 fully saturated rings. The second kappa shape index (κ2) is 6.22. The van der Waals surface area contributed by atoms with Gasteiger partial charge >= 0.3 is 0 Å². The molecular weight excluding hydrogens is 266 g/mol. The molecule has 21 heavy (non-hydrogen) atoms. The van der Waals surface area contributed by atoms with Crippen molar-refractivity contribution in [2.75, 3.05) is 39.7 Å². The molecule has 2 heterocycles. The van der Waals surface area contributed by atoms with Gasteiger partial charge in [0.25, 0.3) is 0 Å². The van der Waals surface area contributed by atoms with Crippen LogP contribution in [0.25, 0.3) is 0 Å². The van der Waals surface area contributed by atoms with E-state index in [1.54, 1.807) is 0 Å². The van der Waals surface area contributed by atoms with Crippen molar-refractivity contribution >= 4 is 5.69 Å². The number of nitrogens with two attached hydrogens (primary N) is 1. The number of nitrogen functional groups attached to an aromatic ring is 1. The van der Waals surface area contributed by atoms with Gasteiger partial charge in [0, 0.05) is 29.4 Å². The zero-order chi connectivity index (χ0) is 14.8. The Hall–Kier alpha value is -1.30. The van der Waals surface area contributed by atoms with E-state index in [9.17, 15) is 0 Å². The second-order valence-electron chi connectivity index (χ2n) is 6.25. The number of anilines is 1. The number of rotatable bonds is 3. The summed E-state index contributed by atoms with van der Waals surface area (Å²) in [6.45, 7) is 4.10. The molecule has 0 atom stereocenters. The molecule has 2 N–H and O–H groups in total. The van der Waals surface area contributed by atoms with Gasteiger partial charge in [0.2, 0.25) is 0 Å². The summed E-state index contributed by atoms with van der Waals surface area (Å²) in [5.74, 6) is 0.977. The van der Waals surface area contributed by atoms with Gasteiger partial charge in [0.15, 0.2) is 6.79 Å². The summed E-state index contributed by atoms with van der Waals surface area (Å²) in [5, 5.41) is 0. The maximum Gasteiger partial charge on any atom is 0.189 e. The Morgan fingerprint density at radius 1 is 1.29 bits per heavy atom. The molecular formula is C16H25N3O2. The molecule has 116 valence electrons. The number of nitrogens with zero attached hydrogens (tertiary/aromatic N) is 2. The van der Waals surface area contributed by atoms with E-state index < -0.39 is 0 Å². The third-order valence-electron chi connectivity index (χ3n) is 4.49. The van der Waals surface area contributed by atoms with E-state index in [0.717, 1.165) is 36.6 Å². The van der Waals surface area contributed by atoms with Crippen molar-refractivity contribution in [1.82, 2.24) is 9.80 Å². The first kappa shape index (κ1) is 14.6. The van der Waals surface area contributed by atoms with Crippen LogP contribution in [0, 0.1) is 0 Å². The van der Waals surface area contributed by atoms with Crippen molar-refractivity contribution in [3.63, 3.8) is 0 Å². The number of fused-ring (bicyclic) bond motifs is 1. The first-order chi connectivity index (χ1) is 10.1. The van der Waals surface area contributed by atoms with Crippen LogP contribution in [0.3, 0.4) is 0 Å². The lowest BCUT2D eigenvalue weighted by molar-refractivity contribution is -0.0175. The Morgan fingerprint density at radius 2 is 2.05 bits per heavy atom. The molecule has 5 heteroatoms. The predicted octanol–water partition coefficient (Wildman–Crippen LogP) is 1.66. The topological polar surface area (TPSA) is 51.0 Å². The van der Waals surface area contributed by atoms with Crippen molar-refractivity contribution < 1.29 is 9.47 Å². The lowest BCUT2D eigenvalue weighted by atomic mass is 10.0. The van der Waals surface area contributed by atoms with Crippen LogP contribution in [-0.2, 0) is 17.9 Å². The van der Waals surface area contributed by atoms with E-state index >= 15 is 0 Å². The van der Waals surface area contributed by atoms with Crippen molar-refractivity contribution in [1.29, 1.82) is 0 Å². The Kier molecular flexibility index (Phi) is 4.33. The minimum Gasteiger partial charge on any atom is -0.467 e. The smallest absolute Gasteiger partial charge is 0.189 e. The largest absolute Gasteiger partial charge is 0.467 e. The zero-order valence-corrected chi connectivity index (χ0v) is 13.0. The zero-order valence-electron chi connectivity index (χ0n) is 13.0. The molecule has 0 aliphatic carbocycles. The molecule has 1 saturated heterocycles. The van der Waals surface area contributed by atoms with E-state index in [0.29, 0.717) is 19.4 Å². The Morgan fingerprint density at radius 3 is 2.76 bits per heavy atom. The van der Waals surface area contributed by atoms with Crippen LogP contribution < -0.4 is 10.5 Å². The van der Waals surface area contributed by atoms with Crippen LogP contribution in [0.1, 0.15) is 24.0 Å². The summed E-state index contributed by atoms with van der Waals surface area (Å²) in [7, 11) is 4.34. The Balaban J connectivity index is 1.70. The highest BCUT2D eigenvalue weighted by Crippen LogP contribution is 2.32. The molecule has 2 aliphatic rings. The molecule has 0 saturated carbocycles. The molecule has 5 nitrogen and oxygen atoms in total. The fourth-order valence-corrected chi connectivity index (χ4v) is 3.28. The Labute approximate surface area is 126 Å². The highest BCUT2D eigenvalue weighted by molar-refractivity contribution is 5.53. The van der Waals surface area contributed by atoms with Crippen LogP contribution >= 0.6 is 0 Å². The van der Waals surface area contributed by atoms with Gasteiger partial charge in [-0.05, 0) is 52.2 Å². The fraction of sp³-hybridized carbons (Fsp3) is 0.625. The lowest BCUT2D eigenvalue weighted by Gasteiger charge is -2.35. The fourth-order valence-electron chi connectivity index (χ4n) is 3.28. The van der Waals surface area contributed by atoms with Gasteiger partial charge in [0.05, 0.1) is 6.61 Å². The SMILES string of the molecule is CN(C)C1CCN(Cc2cc(N)cc3c2OCOC3)CC1. The van der Waals surface area contributed by atoms with Crippen LogP contribution in [-0.4, -0.2) is 49.8 Å². The predicted molar refractivity (Wildman–Crippen MR) is 83.1 cm³/mol. The minimum absolute atomic E-state index is 0.340. The van der Waals surface area contributed by atoms with E-state index in [1.165, 1.54) is 18.4 Å². The number of piperidine rings is 1. The second-order valence-corrected chi connectivity index (χ2v) is 6.25. The van der Waals surface area contributed by atoms with E-state index in [2.05, 4.69) is 23.9 Å². The molecule has 0 unspecified atom stereocenters. The van der Waals surface area contributed by atoms with E-state index in [4.69, 9.17) is 15.2 Å². The quantitative estimate of drug-likeness (QED) is 0.858. The maximum absolute atomic E-state index is 6.01. The van der Waals surface area contributed by atoms with Gasteiger partial charge in [-0.15, -0.1) is 0 Å². The summed E-state index contributed by atoms with van der Waals surface area (Å²) in [5.41, 5.74) is 9.07. The minimum atomic E-state index is 0.340. The van der Waals surface area contributed by atoms with Crippen molar-refractivity contribution in [2.24, 2.45) is 0 Å². The van der Waals surface area contributed by atoms with Gasteiger partial charge in [-0.2, -0.15) is 0 Å². The number of hydrogen-bond acceptors (Lipinski definition) is 5. The van der Waals surface area contributed by atoms with Crippen LogP contribution in [0.4, 0.5) is 5.69 Å². The summed E-state index contributed by atoms with van der Waals surface area (Å²) >= 11 is 0. The number of benzene rings is 1. The summed E-state index contributed by atoms with van der Waals surface area (Å²) in [6, 6.07) is 4.71. The standard InChI is InChI=1S/C16H25N3O2/c1-18(2)15-3-5-19(6-4-15)9-12-7-14(17)8-13-10-20-11-21-16(12)13/h7-8,15H,3-6,9-11,17H2,1-2H3. The number of hydrogen-bond donors (Lipinski definition) is 1. The Bertz CT molecular complexity index is 497. The van der Waals surface area contributed by atoms with E-state index in [1.807, 2.05) is 12.1 Å². The highest BCUT2D eigenvalue weighted by Gasteiger charge is 2.23. The van der Waals surface area contributed by atoms with Gasteiger partial charge < -0.3 is 20.1 Å². The number of ether oxygens (including phenoxy) is 2. The molecule has 0 aromatic heterocycles. The molecule has 0 radical (unpaired) electrons. The molecule has 2 aliphatic heterocycles. The number of likely N-dealkylation sites (tertiary alicyclic amines) is 1. The normalized spacial score (nSPS) is 20.3. The maximum atomic E-state index is 6.01. The van der Waals surface area contributed by atoms with Crippen LogP contribution in [0.15, 0.2) is 12.1 Å². The van der Waals surface area contributed by atoms with Gasteiger partial charge in [-0.3, -0.25) is 4.90 Å². The molecule has 1 aromatic carbocycles. The molecule has 0 spiro atoms. The average molecular weight is 291 g/mol. The third kappa shape index (κ3) is 3.31. The van der Waals surface area contributed by atoms with Crippen molar-refractivity contribution in [2.45, 2.75) is 32.0 Å². The summed E-state index contributed by atoms with van der Waals surface area (Å²) < 4.78 is 11.0. The lowest BCUT2D eigenvalue weighted by Crippen LogP contribution is -2.41. The molecule has 1 aromatic rings. The van der Waals surface area contributed by atoms with Crippen LogP contribution in [0.2, 0.25) is 0 Å².